The Morgan fingerprint density at radius 2 is 1.21 bits per heavy atom. The van der Waals surface area contributed by atoms with Crippen molar-refractivity contribution in [3.05, 3.63) is 58.1 Å². The molecular weight excluding hydrogens is 759 g/mol. The van der Waals surface area contributed by atoms with Gasteiger partial charge in [0.2, 0.25) is 34.4 Å². The van der Waals surface area contributed by atoms with Crippen molar-refractivity contribution in [1.29, 1.82) is 0 Å². The van der Waals surface area contributed by atoms with Gasteiger partial charge in [-0.1, -0.05) is 29.3 Å². The molecule has 2 aliphatic rings. The number of piperazine rings is 2. The lowest BCUT2D eigenvalue weighted by Crippen LogP contribution is -2.45. The lowest BCUT2D eigenvalue weighted by atomic mass is 10.1. The summed E-state index contributed by atoms with van der Waals surface area (Å²) < 4.78 is 39.9. The van der Waals surface area contributed by atoms with Gasteiger partial charge in [-0.05, 0) is 72.7 Å². The van der Waals surface area contributed by atoms with Gasteiger partial charge in [0.15, 0.2) is 0 Å². The first-order valence-electron chi connectivity index (χ1n) is 15.8. The molecule has 0 atom stereocenters. The number of halogens is 2. The molecule has 52 heavy (non-hydrogen) atoms. The minimum atomic E-state index is -4.69. The highest BCUT2D eigenvalue weighted by atomic mass is 35.5. The molecule has 2 aromatic carbocycles. The van der Waals surface area contributed by atoms with Gasteiger partial charge in [0.1, 0.15) is 4.90 Å². The number of aromatic nitrogens is 6. The third-order valence-corrected chi connectivity index (χ3v) is 10.1. The Kier molecular flexibility index (Phi) is 12.2. The molecule has 0 radical (unpaired) electrons. The van der Waals surface area contributed by atoms with Gasteiger partial charge in [0.05, 0.1) is 12.0 Å². The summed E-state index contributed by atoms with van der Waals surface area (Å²) >= 11 is 13.1. The lowest BCUT2D eigenvalue weighted by Gasteiger charge is -2.32. The van der Waals surface area contributed by atoms with Crippen molar-refractivity contribution >= 4 is 92.7 Å². The van der Waals surface area contributed by atoms with Gasteiger partial charge in [-0.3, -0.25) is 4.55 Å². The first-order valence-corrected chi connectivity index (χ1v) is 18.7. The number of nitrogens with zero attached hydrogens (tertiary/aromatic N) is 10. The smallest absolute Gasteiger partial charge is 0.295 e. The van der Waals surface area contributed by atoms with E-state index in [1.54, 1.807) is 30.3 Å². The van der Waals surface area contributed by atoms with E-state index < -0.39 is 10.1 Å². The van der Waals surface area contributed by atoms with E-state index >= 15 is 0 Å². The van der Waals surface area contributed by atoms with Crippen LogP contribution in [-0.4, -0.2) is 124 Å². The average molecular weight is 794 g/mol. The molecule has 2 fully saturated rings. The molecule has 0 aliphatic carbocycles. The molecule has 0 amide bonds. The molecule has 2 aliphatic heterocycles. The topological polar surface area (TPSA) is 207 Å². The molecular formula is C30H34Cl2N12O6S2. The molecule has 0 bridgehead atoms. The highest BCUT2D eigenvalue weighted by Gasteiger charge is 2.21. The van der Waals surface area contributed by atoms with Crippen LogP contribution in [0.15, 0.2) is 46.2 Å². The Balaban J connectivity index is 1.22. The maximum absolute atomic E-state index is 12.5. The molecule has 0 spiro atoms. The summed E-state index contributed by atoms with van der Waals surface area (Å²) in [5.74, 6) is 1.16. The van der Waals surface area contributed by atoms with Gasteiger partial charge in [-0.25, -0.2) is 5.26 Å². The Morgan fingerprint density at radius 3 is 1.71 bits per heavy atom. The average Bonchev–Trinajstić information content (AvgIpc) is 3.10. The predicted octanol–water partition coefficient (Wildman–Crippen LogP) is 4.20. The minimum absolute atomic E-state index is 0.0287. The Hall–Kier alpha value is -3.96. The van der Waals surface area contributed by atoms with Crippen LogP contribution >= 0.6 is 35.2 Å². The van der Waals surface area contributed by atoms with Gasteiger partial charge < -0.3 is 30.2 Å². The van der Waals surface area contributed by atoms with Crippen LogP contribution in [-0.2, 0) is 19.5 Å². The summed E-state index contributed by atoms with van der Waals surface area (Å²) in [4.78, 5) is 34.3. The molecule has 0 unspecified atom stereocenters. The zero-order valence-corrected chi connectivity index (χ0v) is 31.0. The highest BCUT2D eigenvalue weighted by Crippen LogP contribution is 2.31. The second-order valence-corrected chi connectivity index (χ2v) is 14.6. The number of anilines is 6. The van der Waals surface area contributed by atoms with Gasteiger partial charge in [0.25, 0.3) is 10.1 Å². The maximum atomic E-state index is 12.5. The lowest BCUT2D eigenvalue weighted by molar-refractivity contribution is -0.432. The Morgan fingerprint density at radius 1 is 0.731 bits per heavy atom. The van der Waals surface area contributed by atoms with Crippen molar-refractivity contribution in [1.82, 2.24) is 39.7 Å². The summed E-state index contributed by atoms with van der Waals surface area (Å²) in [5, 5.41) is 18.7. The standard InChI is InChI=1S/C30H34Cl2N12O6S2/c1-41-9-13-43(14-10-41)29-37-25(31)35-27(39-29)33-21-7-5-19(23(17-21)51-50-49-45)3-4-20-6-8-22(18-24(20)52(46,47)48)34-28-36-26(32)38-30(40-28)44-15-11-42(2)12-16-44/h3-8,17-18,45H,9-16H2,1-2H3,(H,46,47,48)(H,33,35,37,39)(H,34,36,38,40)/b4-3+. The predicted molar refractivity (Wildman–Crippen MR) is 198 cm³/mol. The molecule has 2 saturated heterocycles. The van der Waals surface area contributed by atoms with E-state index in [0.717, 1.165) is 39.3 Å². The van der Waals surface area contributed by atoms with E-state index in [1.165, 1.54) is 18.2 Å². The molecule has 2 aromatic heterocycles. The molecule has 276 valence electrons. The van der Waals surface area contributed by atoms with Crippen LogP contribution in [0.5, 0.6) is 0 Å². The van der Waals surface area contributed by atoms with Crippen molar-refractivity contribution in [3.63, 3.8) is 0 Å². The summed E-state index contributed by atoms with van der Waals surface area (Å²) in [6.07, 6.45) is 3.10. The molecule has 4 N–H and O–H groups in total. The van der Waals surface area contributed by atoms with E-state index in [2.05, 4.69) is 55.4 Å². The first kappa shape index (κ1) is 37.8. The third-order valence-electron chi connectivity index (χ3n) is 8.18. The molecule has 6 rings (SSSR count). The summed E-state index contributed by atoms with van der Waals surface area (Å²) in [7, 11) is -0.606. The van der Waals surface area contributed by atoms with Gasteiger partial charge in [-0.15, -0.1) is 4.33 Å². The zero-order chi connectivity index (χ0) is 36.8. The van der Waals surface area contributed by atoms with Crippen molar-refractivity contribution in [2.45, 2.75) is 9.79 Å². The largest absolute Gasteiger partial charge is 0.338 e. The van der Waals surface area contributed by atoms with E-state index in [-0.39, 0.29) is 38.6 Å². The number of hydrogen-bond acceptors (Lipinski definition) is 18. The summed E-state index contributed by atoms with van der Waals surface area (Å²) in [5.41, 5.74) is 1.54. The fourth-order valence-corrected chi connectivity index (χ4v) is 6.90. The number of rotatable bonds is 12. The molecule has 4 heterocycles. The third kappa shape index (κ3) is 9.92. The highest BCUT2D eigenvalue weighted by molar-refractivity contribution is 7.94. The van der Waals surface area contributed by atoms with Gasteiger partial charge in [0, 0.05) is 68.6 Å². The van der Waals surface area contributed by atoms with Crippen LogP contribution in [0, 0.1) is 0 Å². The molecule has 18 nitrogen and oxygen atoms in total. The van der Waals surface area contributed by atoms with Crippen LogP contribution in [0.4, 0.5) is 35.2 Å². The minimum Gasteiger partial charge on any atom is -0.338 e. The summed E-state index contributed by atoms with van der Waals surface area (Å²) in [6.45, 7) is 6.25. The quantitative estimate of drug-likeness (QED) is 0.0521. The number of hydrogen-bond donors (Lipinski definition) is 4. The van der Waals surface area contributed by atoms with E-state index in [4.69, 9.17) is 32.8 Å². The summed E-state index contributed by atoms with van der Waals surface area (Å²) in [6, 6.07) is 9.46. The van der Waals surface area contributed by atoms with Crippen molar-refractivity contribution in [2.24, 2.45) is 0 Å². The number of likely N-dealkylation sites (N-methyl/N-ethyl adjacent to an activating group) is 2. The normalized spacial score (nSPS) is 16.1. The second kappa shape index (κ2) is 16.8. The molecule has 22 heteroatoms. The SMILES string of the molecule is CN1CCN(c2nc(Cl)nc(Nc3ccc(/C=C/c4ccc(Nc5nc(Cl)nc(N6CCN(C)CC6)n5)cc4S(=O)(=O)O)c(SOOO)c3)n2)CC1. The van der Waals surface area contributed by atoms with Gasteiger partial charge in [-0.2, -0.15) is 38.3 Å². The maximum Gasteiger partial charge on any atom is 0.295 e. The van der Waals surface area contributed by atoms with E-state index in [9.17, 15) is 13.0 Å². The van der Waals surface area contributed by atoms with Crippen LogP contribution in [0.25, 0.3) is 12.2 Å². The Labute approximate surface area is 313 Å². The van der Waals surface area contributed by atoms with Crippen molar-refractivity contribution in [3.8, 4) is 0 Å². The zero-order valence-electron chi connectivity index (χ0n) is 27.8. The van der Waals surface area contributed by atoms with E-state index in [1.807, 2.05) is 23.9 Å². The fraction of sp³-hybridized carbons (Fsp3) is 0.333. The fourth-order valence-electron chi connectivity index (χ4n) is 5.37. The van der Waals surface area contributed by atoms with Crippen LogP contribution in [0.1, 0.15) is 11.1 Å². The van der Waals surface area contributed by atoms with Crippen LogP contribution < -0.4 is 20.4 Å². The molecule has 4 aromatic rings. The van der Waals surface area contributed by atoms with E-state index in [0.29, 0.717) is 53.2 Å². The number of benzene rings is 2. The van der Waals surface area contributed by atoms with Gasteiger partial charge >= 0.3 is 0 Å². The van der Waals surface area contributed by atoms with Crippen LogP contribution in [0.3, 0.4) is 0 Å². The Bertz CT molecular complexity index is 2030. The van der Waals surface area contributed by atoms with Crippen molar-refractivity contribution < 1.29 is 27.6 Å². The van der Waals surface area contributed by atoms with Crippen LogP contribution in [0.2, 0.25) is 10.6 Å². The monoisotopic (exact) mass is 792 g/mol. The first-order chi connectivity index (χ1) is 24.9. The van der Waals surface area contributed by atoms with Crippen molar-refractivity contribution in [2.75, 3.05) is 86.9 Å². The molecule has 0 saturated carbocycles. The number of nitrogens with one attached hydrogen (secondary N) is 2. The second-order valence-electron chi connectivity index (χ2n) is 11.8.